The number of carboxylic acid groups (broad SMARTS) is 1. The number of hydrogen-bond acceptors (Lipinski definition) is 10. The summed E-state index contributed by atoms with van der Waals surface area (Å²) in [5, 5.41) is 11.9. The van der Waals surface area contributed by atoms with Crippen molar-refractivity contribution in [2.24, 2.45) is 5.92 Å². The van der Waals surface area contributed by atoms with Gasteiger partial charge in [-0.3, -0.25) is 24.4 Å². The van der Waals surface area contributed by atoms with Gasteiger partial charge in [0.1, 0.15) is 11.6 Å². The Morgan fingerprint density at radius 3 is 2.87 bits per heavy atom. The Balaban J connectivity index is 0.000000198. The van der Waals surface area contributed by atoms with E-state index in [2.05, 4.69) is 15.3 Å². The van der Waals surface area contributed by atoms with Gasteiger partial charge in [0.2, 0.25) is 11.8 Å². The van der Waals surface area contributed by atoms with E-state index in [0.29, 0.717) is 66.8 Å². The van der Waals surface area contributed by atoms with Crippen LogP contribution in [0, 0.1) is 5.92 Å². The topological polar surface area (TPSA) is 160 Å². The summed E-state index contributed by atoms with van der Waals surface area (Å²) in [6.45, 7) is 2.13. The largest absolute Gasteiger partial charge is 0.481 e. The van der Waals surface area contributed by atoms with Crippen LogP contribution in [0.4, 0.5) is 21.9 Å². The van der Waals surface area contributed by atoms with Gasteiger partial charge in [-0.15, -0.1) is 11.8 Å². The summed E-state index contributed by atoms with van der Waals surface area (Å²) in [6.07, 6.45) is 1.57. The van der Waals surface area contributed by atoms with Gasteiger partial charge in [0.25, 0.3) is 0 Å². The van der Waals surface area contributed by atoms with Crippen LogP contribution in [0.3, 0.4) is 0 Å². The Morgan fingerprint density at radius 1 is 1.26 bits per heavy atom. The second-order valence-electron chi connectivity index (χ2n) is 9.34. The molecular formula is C26H28N6O6S. The number of aliphatic carboxylic acids is 1. The molecule has 6 rings (SSSR count). The molecule has 13 heteroatoms. The molecule has 3 aromatic rings. The van der Waals surface area contributed by atoms with Crippen LogP contribution in [-0.4, -0.2) is 83.1 Å². The maximum Gasteiger partial charge on any atom is 0.414 e. The van der Waals surface area contributed by atoms with E-state index in [1.54, 1.807) is 36.4 Å². The molecule has 0 spiro atoms. The molecule has 3 aliphatic heterocycles. The summed E-state index contributed by atoms with van der Waals surface area (Å²) in [7, 11) is 1.57. The average Bonchev–Trinajstić information content (AvgIpc) is 3.55. The molecule has 3 aliphatic rings. The van der Waals surface area contributed by atoms with E-state index < -0.39 is 12.1 Å². The van der Waals surface area contributed by atoms with E-state index in [-0.39, 0.29) is 17.9 Å². The molecule has 0 aliphatic carbocycles. The number of aromatic nitrogens is 2. The van der Waals surface area contributed by atoms with Gasteiger partial charge in [-0.1, -0.05) is 0 Å². The monoisotopic (exact) mass is 552 g/mol. The Labute approximate surface area is 228 Å². The Bertz CT molecular complexity index is 1420. The molecule has 2 amide bonds. The molecule has 39 heavy (non-hydrogen) atoms. The SMILES string of the molecule is COc1ccc2nccc(N)c2n1.O=C1CSc2ccc(N3C[C@@H](CN4CCC(C(=O)O)C4)OC3=O)cc2N1. The highest BCUT2D eigenvalue weighted by Gasteiger charge is 2.36. The summed E-state index contributed by atoms with van der Waals surface area (Å²) in [5.74, 6) is -0.222. The lowest BCUT2D eigenvalue weighted by atomic mass is 10.1. The van der Waals surface area contributed by atoms with Crippen LogP contribution in [0.1, 0.15) is 6.42 Å². The second-order valence-corrected chi connectivity index (χ2v) is 10.4. The van der Waals surface area contributed by atoms with E-state index >= 15 is 0 Å². The number of methoxy groups -OCH3 is 1. The maximum atomic E-state index is 12.3. The Hall–Kier alpha value is -4.10. The first kappa shape index (κ1) is 26.5. The minimum Gasteiger partial charge on any atom is -0.481 e. The van der Waals surface area contributed by atoms with E-state index in [9.17, 15) is 14.4 Å². The number of nitrogens with two attached hydrogens (primary N) is 1. The first-order valence-corrected chi connectivity index (χ1v) is 13.3. The number of cyclic esters (lactones) is 1. The van der Waals surface area contributed by atoms with Crippen LogP contribution in [0.2, 0.25) is 0 Å². The third kappa shape index (κ3) is 5.99. The molecular weight excluding hydrogens is 524 g/mol. The predicted molar refractivity (Wildman–Crippen MR) is 146 cm³/mol. The Morgan fingerprint density at radius 2 is 2.10 bits per heavy atom. The summed E-state index contributed by atoms with van der Waals surface area (Å²) in [5.41, 5.74) is 9.19. The van der Waals surface area contributed by atoms with Gasteiger partial charge < -0.3 is 25.6 Å². The second kappa shape index (κ2) is 11.3. The van der Waals surface area contributed by atoms with Crippen LogP contribution < -0.4 is 20.7 Å². The minimum absolute atomic E-state index is 0.0523. The highest BCUT2D eigenvalue weighted by molar-refractivity contribution is 8.00. The molecule has 5 heterocycles. The third-order valence-corrected chi connectivity index (χ3v) is 7.74. The molecule has 2 atom stereocenters. The summed E-state index contributed by atoms with van der Waals surface area (Å²) in [4.78, 5) is 47.8. The van der Waals surface area contributed by atoms with Crippen molar-refractivity contribution < 1.29 is 29.0 Å². The van der Waals surface area contributed by atoms with E-state index in [0.717, 1.165) is 10.4 Å². The Kier molecular flexibility index (Phi) is 7.70. The molecule has 0 radical (unpaired) electrons. The lowest BCUT2D eigenvalue weighted by Gasteiger charge is -2.20. The number of carbonyl (C=O) groups is 3. The molecule has 0 bridgehead atoms. The maximum absolute atomic E-state index is 12.3. The highest BCUT2D eigenvalue weighted by atomic mass is 32.2. The number of ether oxygens (including phenoxy) is 2. The fourth-order valence-electron chi connectivity index (χ4n) is 4.70. The number of thioether (sulfide) groups is 1. The van der Waals surface area contributed by atoms with E-state index in [4.69, 9.17) is 20.3 Å². The van der Waals surface area contributed by atoms with Crippen LogP contribution in [0.5, 0.6) is 5.88 Å². The average molecular weight is 553 g/mol. The number of benzene rings is 1. The molecule has 12 nitrogen and oxygen atoms in total. The van der Waals surface area contributed by atoms with Gasteiger partial charge in [0, 0.05) is 35.9 Å². The number of likely N-dealkylation sites (tertiary alicyclic amines) is 1. The normalized spacial score (nSPS) is 20.6. The zero-order valence-corrected chi connectivity index (χ0v) is 22.0. The molecule has 4 N–H and O–H groups in total. The van der Waals surface area contributed by atoms with Crippen molar-refractivity contribution in [3.05, 3.63) is 42.6 Å². The number of nitrogens with zero attached hydrogens (tertiary/aromatic N) is 4. The van der Waals surface area contributed by atoms with Crippen molar-refractivity contribution in [2.75, 3.05) is 55.0 Å². The number of nitrogens with one attached hydrogen (secondary N) is 1. The third-order valence-electron chi connectivity index (χ3n) is 6.66. The lowest BCUT2D eigenvalue weighted by Crippen LogP contribution is -2.34. The van der Waals surface area contributed by atoms with Crippen molar-refractivity contribution >= 4 is 57.8 Å². The molecule has 2 fully saturated rings. The number of amides is 2. The standard InChI is InChI=1S/C17H19N3O5S.C9H9N3O/c21-15-9-26-14-2-1-11(5-13(14)18-15)20-8-12(25-17(20)24)7-19-4-3-10(6-19)16(22)23;1-13-8-3-2-7-9(12-8)6(10)4-5-11-7/h1-2,5,10,12H,3-4,6-9H2,(H,18,21)(H,22,23);2-5H,1H3,(H2,10,11)/t10?,12-;/m1./s1. The van der Waals surface area contributed by atoms with Gasteiger partial charge >= 0.3 is 12.1 Å². The number of pyridine rings is 2. The zero-order chi connectivity index (χ0) is 27.5. The van der Waals surface area contributed by atoms with Gasteiger partial charge in [-0.25, -0.2) is 9.78 Å². The van der Waals surface area contributed by atoms with E-state index in [1.807, 2.05) is 23.1 Å². The lowest BCUT2D eigenvalue weighted by molar-refractivity contribution is -0.141. The quantitative estimate of drug-likeness (QED) is 0.427. The minimum atomic E-state index is -0.772. The fraction of sp³-hybridized carbons (Fsp3) is 0.346. The van der Waals surface area contributed by atoms with Crippen molar-refractivity contribution in [1.29, 1.82) is 0 Å². The fourth-order valence-corrected chi connectivity index (χ4v) is 5.48. The van der Waals surface area contributed by atoms with Crippen LogP contribution >= 0.6 is 11.8 Å². The van der Waals surface area contributed by atoms with Crippen molar-refractivity contribution in [3.63, 3.8) is 0 Å². The van der Waals surface area contributed by atoms with Crippen LogP contribution in [-0.2, 0) is 14.3 Å². The molecule has 2 aromatic heterocycles. The number of nitrogen functional groups attached to an aromatic ring is 1. The van der Waals surface area contributed by atoms with Gasteiger partial charge in [-0.05, 0) is 43.3 Å². The first-order valence-electron chi connectivity index (χ1n) is 12.4. The van der Waals surface area contributed by atoms with Gasteiger partial charge in [-0.2, -0.15) is 0 Å². The number of rotatable bonds is 5. The molecule has 0 saturated carbocycles. The van der Waals surface area contributed by atoms with Crippen molar-refractivity contribution in [2.45, 2.75) is 17.4 Å². The smallest absolute Gasteiger partial charge is 0.414 e. The van der Waals surface area contributed by atoms with E-state index in [1.165, 1.54) is 11.8 Å². The number of carboxylic acids is 1. The zero-order valence-electron chi connectivity index (χ0n) is 21.2. The summed E-state index contributed by atoms with van der Waals surface area (Å²) in [6, 6.07) is 10.8. The number of hydrogen-bond donors (Lipinski definition) is 3. The molecule has 1 aromatic carbocycles. The van der Waals surface area contributed by atoms with Crippen LogP contribution in [0.25, 0.3) is 11.0 Å². The molecule has 1 unspecified atom stereocenters. The first-order chi connectivity index (χ1) is 18.8. The van der Waals surface area contributed by atoms with Gasteiger partial charge in [0.15, 0.2) is 0 Å². The number of fused-ring (bicyclic) bond motifs is 2. The predicted octanol–water partition coefficient (Wildman–Crippen LogP) is 2.68. The van der Waals surface area contributed by atoms with Crippen molar-refractivity contribution in [1.82, 2.24) is 14.9 Å². The summed E-state index contributed by atoms with van der Waals surface area (Å²) >= 11 is 1.47. The number of carbonyl (C=O) groups excluding carboxylic acids is 2. The molecule has 2 saturated heterocycles. The van der Waals surface area contributed by atoms with Crippen LogP contribution in [0.15, 0.2) is 47.5 Å². The van der Waals surface area contributed by atoms with Crippen molar-refractivity contribution in [3.8, 4) is 5.88 Å². The number of anilines is 3. The molecule has 204 valence electrons. The summed E-state index contributed by atoms with van der Waals surface area (Å²) < 4.78 is 10.4. The highest BCUT2D eigenvalue weighted by Crippen LogP contribution is 2.35. The van der Waals surface area contributed by atoms with Gasteiger partial charge in [0.05, 0.1) is 42.2 Å².